The molecule has 0 aromatic carbocycles. The maximum Gasteiger partial charge on any atom is 0.326 e. The summed E-state index contributed by atoms with van der Waals surface area (Å²) in [4.78, 5) is 47.1. The Morgan fingerprint density at radius 2 is 2.05 bits per heavy atom. The molecular formula is C12H17N3O5. The molecule has 8 heteroatoms. The molecule has 2 fully saturated rings. The summed E-state index contributed by atoms with van der Waals surface area (Å²) in [6.45, 7) is 2.61. The summed E-state index contributed by atoms with van der Waals surface area (Å²) in [6, 6.07) is -1.59. The summed E-state index contributed by atoms with van der Waals surface area (Å²) in [6.07, 6.45) is 1.51. The molecule has 1 unspecified atom stereocenters. The van der Waals surface area contributed by atoms with Crippen molar-refractivity contribution in [3.05, 3.63) is 0 Å². The van der Waals surface area contributed by atoms with Gasteiger partial charge >= 0.3 is 12.0 Å². The van der Waals surface area contributed by atoms with Crippen LogP contribution in [0, 0.1) is 5.92 Å². The molecule has 2 aliphatic rings. The fourth-order valence-electron chi connectivity index (χ4n) is 2.13. The normalized spacial score (nSPS) is 22.4. The van der Waals surface area contributed by atoms with Gasteiger partial charge < -0.3 is 15.7 Å². The van der Waals surface area contributed by atoms with Gasteiger partial charge in [-0.1, -0.05) is 0 Å². The van der Waals surface area contributed by atoms with Crippen LogP contribution in [0.4, 0.5) is 4.79 Å². The van der Waals surface area contributed by atoms with Crippen LogP contribution < -0.4 is 10.6 Å². The lowest BCUT2D eigenvalue weighted by atomic mass is 10.1. The summed E-state index contributed by atoms with van der Waals surface area (Å²) in [7, 11) is 0. The third-order valence-corrected chi connectivity index (χ3v) is 3.42. The van der Waals surface area contributed by atoms with Crippen molar-refractivity contribution in [2.75, 3.05) is 6.54 Å². The molecule has 0 radical (unpaired) electrons. The first-order valence-electron chi connectivity index (χ1n) is 6.38. The van der Waals surface area contributed by atoms with Gasteiger partial charge in [0.1, 0.15) is 18.1 Å². The molecule has 3 N–H and O–H groups in total. The van der Waals surface area contributed by atoms with Crippen molar-refractivity contribution in [3.63, 3.8) is 0 Å². The zero-order chi connectivity index (χ0) is 15.1. The minimum atomic E-state index is -1.10. The zero-order valence-electron chi connectivity index (χ0n) is 11.3. The minimum Gasteiger partial charge on any atom is -0.480 e. The Morgan fingerprint density at radius 3 is 2.45 bits per heavy atom. The Hall–Kier alpha value is -2.12. The molecule has 1 aliphatic carbocycles. The van der Waals surface area contributed by atoms with Crippen LogP contribution in [0.3, 0.4) is 0 Å². The van der Waals surface area contributed by atoms with Crippen molar-refractivity contribution in [3.8, 4) is 0 Å². The van der Waals surface area contributed by atoms with Crippen molar-refractivity contribution in [2.45, 2.75) is 38.3 Å². The first-order valence-corrected chi connectivity index (χ1v) is 6.38. The number of aliphatic carboxylic acids is 1. The Balaban J connectivity index is 1.96. The van der Waals surface area contributed by atoms with E-state index in [2.05, 4.69) is 10.6 Å². The molecule has 1 heterocycles. The molecule has 0 aromatic heterocycles. The van der Waals surface area contributed by atoms with E-state index < -0.39 is 41.9 Å². The number of nitrogens with zero attached hydrogens (tertiary/aromatic N) is 1. The van der Waals surface area contributed by atoms with Gasteiger partial charge in [-0.15, -0.1) is 0 Å². The fraction of sp³-hybridized carbons (Fsp3) is 0.667. The lowest BCUT2D eigenvalue weighted by Gasteiger charge is -2.18. The first kappa shape index (κ1) is 14.3. The minimum absolute atomic E-state index is 0.0593. The lowest BCUT2D eigenvalue weighted by Crippen LogP contribution is -2.48. The Labute approximate surface area is 115 Å². The maximum atomic E-state index is 11.9. The second-order valence-corrected chi connectivity index (χ2v) is 5.67. The highest BCUT2D eigenvalue weighted by Gasteiger charge is 2.45. The van der Waals surface area contributed by atoms with Crippen LogP contribution >= 0.6 is 0 Å². The number of hydrogen-bond donors (Lipinski definition) is 3. The number of carbonyl (C=O) groups is 4. The largest absolute Gasteiger partial charge is 0.480 e. The van der Waals surface area contributed by atoms with E-state index in [9.17, 15) is 19.2 Å². The Morgan fingerprint density at radius 1 is 1.45 bits per heavy atom. The molecule has 0 aromatic rings. The van der Waals surface area contributed by atoms with Crippen molar-refractivity contribution < 1.29 is 24.3 Å². The zero-order valence-corrected chi connectivity index (χ0v) is 11.3. The Kier molecular flexibility index (Phi) is 3.41. The fourth-order valence-corrected chi connectivity index (χ4v) is 2.13. The first-order chi connectivity index (χ1) is 9.22. The SMILES string of the molecule is CC1(C)NC(=O)N(CC(=O)NC(C(=O)O)C2CC2)C1=O. The molecule has 4 amide bonds. The van der Waals surface area contributed by atoms with Gasteiger partial charge in [0.25, 0.3) is 5.91 Å². The Bertz CT molecular complexity index is 483. The smallest absolute Gasteiger partial charge is 0.326 e. The predicted molar refractivity (Wildman–Crippen MR) is 66.6 cm³/mol. The van der Waals surface area contributed by atoms with E-state index in [0.717, 1.165) is 17.7 Å². The second kappa shape index (κ2) is 4.77. The summed E-state index contributed by atoms with van der Waals surface area (Å²) in [5.74, 6) is -2.31. The van der Waals surface area contributed by atoms with E-state index in [1.165, 1.54) is 13.8 Å². The van der Waals surface area contributed by atoms with Crippen LogP contribution in [0.25, 0.3) is 0 Å². The molecule has 0 bridgehead atoms. The molecule has 2 rings (SSSR count). The van der Waals surface area contributed by atoms with Crippen LogP contribution in [-0.4, -0.2) is 51.9 Å². The molecule has 20 heavy (non-hydrogen) atoms. The van der Waals surface area contributed by atoms with Gasteiger partial charge in [0, 0.05) is 0 Å². The summed E-state index contributed by atoms with van der Waals surface area (Å²) in [5, 5.41) is 13.8. The van der Waals surface area contributed by atoms with Gasteiger partial charge in [0.05, 0.1) is 0 Å². The van der Waals surface area contributed by atoms with E-state index >= 15 is 0 Å². The highest BCUT2D eigenvalue weighted by Crippen LogP contribution is 2.32. The molecule has 8 nitrogen and oxygen atoms in total. The molecule has 1 aliphatic heterocycles. The van der Waals surface area contributed by atoms with E-state index in [-0.39, 0.29) is 5.92 Å². The van der Waals surface area contributed by atoms with Crippen molar-refractivity contribution in [2.24, 2.45) is 5.92 Å². The number of imide groups is 1. The number of carbonyl (C=O) groups excluding carboxylic acids is 3. The van der Waals surface area contributed by atoms with Crippen LogP contribution in [0.1, 0.15) is 26.7 Å². The highest BCUT2D eigenvalue weighted by molar-refractivity contribution is 6.08. The number of carboxylic acid groups (broad SMARTS) is 1. The van der Waals surface area contributed by atoms with E-state index in [1.54, 1.807) is 0 Å². The van der Waals surface area contributed by atoms with Crippen LogP contribution in [-0.2, 0) is 14.4 Å². The van der Waals surface area contributed by atoms with E-state index in [4.69, 9.17) is 5.11 Å². The van der Waals surface area contributed by atoms with Gasteiger partial charge in [0.2, 0.25) is 5.91 Å². The van der Waals surface area contributed by atoms with Crippen molar-refractivity contribution in [1.82, 2.24) is 15.5 Å². The predicted octanol–water partition coefficient (Wildman–Crippen LogP) is -0.704. The van der Waals surface area contributed by atoms with E-state index in [0.29, 0.717) is 0 Å². The van der Waals surface area contributed by atoms with Crippen molar-refractivity contribution >= 4 is 23.8 Å². The van der Waals surface area contributed by atoms with Gasteiger partial charge in [-0.3, -0.25) is 14.5 Å². The third kappa shape index (κ3) is 2.73. The molecule has 0 spiro atoms. The van der Waals surface area contributed by atoms with Gasteiger partial charge in [-0.2, -0.15) is 0 Å². The molecule has 1 atom stereocenters. The van der Waals surface area contributed by atoms with Gasteiger partial charge in [-0.25, -0.2) is 9.59 Å². The number of carboxylic acids is 1. The monoisotopic (exact) mass is 283 g/mol. The maximum absolute atomic E-state index is 11.9. The van der Waals surface area contributed by atoms with E-state index in [1.807, 2.05) is 0 Å². The van der Waals surface area contributed by atoms with Crippen molar-refractivity contribution in [1.29, 1.82) is 0 Å². The standard InChI is InChI=1S/C12H17N3O5/c1-12(2)10(19)15(11(20)14-12)5-7(16)13-8(9(17)18)6-3-4-6/h6,8H,3-5H2,1-2H3,(H,13,16)(H,14,20)(H,17,18). The summed E-state index contributed by atoms with van der Waals surface area (Å²) < 4.78 is 0. The number of hydrogen-bond acceptors (Lipinski definition) is 4. The number of urea groups is 1. The quantitative estimate of drug-likeness (QED) is 0.577. The molecule has 110 valence electrons. The molecule has 1 saturated heterocycles. The van der Waals surface area contributed by atoms with Gasteiger partial charge in [-0.05, 0) is 32.6 Å². The lowest BCUT2D eigenvalue weighted by molar-refractivity contribution is -0.142. The third-order valence-electron chi connectivity index (χ3n) is 3.42. The number of nitrogens with one attached hydrogen (secondary N) is 2. The second-order valence-electron chi connectivity index (χ2n) is 5.67. The summed E-state index contributed by atoms with van der Waals surface area (Å²) in [5.41, 5.74) is -1.04. The van der Waals surface area contributed by atoms with Crippen LogP contribution in [0.2, 0.25) is 0 Å². The summed E-state index contributed by atoms with van der Waals surface area (Å²) >= 11 is 0. The number of amides is 4. The molecule has 1 saturated carbocycles. The molecular weight excluding hydrogens is 266 g/mol. The number of rotatable bonds is 5. The van der Waals surface area contributed by atoms with Gasteiger partial charge in [0.15, 0.2) is 0 Å². The highest BCUT2D eigenvalue weighted by atomic mass is 16.4. The topological polar surface area (TPSA) is 116 Å². The van der Waals surface area contributed by atoms with Crippen LogP contribution in [0.15, 0.2) is 0 Å². The average molecular weight is 283 g/mol. The van der Waals surface area contributed by atoms with Crippen LogP contribution in [0.5, 0.6) is 0 Å². The average Bonchev–Trinajstić information content (AvgIpc) is 3.12.